The smallest absolute Gasteiger partial charge is 0.338 e. The Hall–Kier alpha value is -1.67. The molecule has 1 aromatic rings. The molecule has 0 bridgehead atoms. The maximum atomic E-state index is 11.3. The number of hydrogen-bond donors (Lipinski definition) is 0. The van der Waals surface area contributed by atoms with Crippen LogP contribution in [0.2, 0.25) is 0 Å². The zero-order chi connectivity index (χ0) is 14.6. The van der Waals surface area contributed by atoms with E-state index in [-0.39, 0.29) is 11.3 Å². The Balaban J connectivity index is 3.15. The third-order valence-corrected chi connectivity index (χ3v) is 3.86. The molecular weight excluding hydrogens is 288 g/mol. The summed E-state index contributed by atoms with van der Waals surface area (Å²) in [6, 6.07) is 4.15. The van der Waals surface area contributed by atoms with E-state index < -0.39 is 10.9 Å². The van der Waals surface area contributed by atoms with Gasteiger partial charge in [0, 0.05) is 20.2 Å². The first-order valence-corrected chi connectivity index (χ1v) is 6.35. The SMILES string of the molecule is COC(=O)c1ccc(SC(=S)N(C)C)c([N+](=O)[O-])c1. The van der Waals surface area contributed by atoms with E-state index in [2.05, 4.69) is 4.74 Å². The zero-order valence-corrected chi connectivity index (χ0v) is 12.2. The van der Waals surface area contributed by atoms with E-state index in [9.17, 15) is 14.9 Å². The summed E-state index contributed by atoms with van der Waals surface area (Å²) in [6.07, 6.45) is 0. The van der Waals surface area contributed by atoms with Gasteiger partial charge in [0.1, 0.15) is 4.32 Å². The Morgan fingerprint density at radius 2 is 2.11 bits per heavy atom. The number of carbonyl (C=O) groups is 1. The first-order chi connectivity index (χ1) is 8.86. The van der Waals surface area contributed by atoms with Crippen molar-refractivity contribution in [1.29, 1.82) is 0 Å². The molecule has 0 fully saturated rings. The summed E-state index contributed by atoms with van der Waals surface area (Å²) in [7, 11) is 4.73. The fourth-order valence-electron chi connectivity index (χ4n) is 1.18. The Labute approximate surface area is 119 Å². The van der Waals surface area contributed by atoms with Crippen LogP contribution in [0.25, 0.3) is 0 Å². The van der Waals surface area contributed by atoms with Crippen LogP contribution in [0, 0.1) is 10.1 Å². The van der Waals surface area contributed by atoms with Gasteiger partial charge in [-0.15, -0.1) is 0 Å². The number of nitrogens with zero attached hydrogens (tertiary/aromatic N) is 2. The van der Waals surface area contributed by atoms with Crippen molar-refractivity contribution in [2.24, 2.45) is 0 Å². The fraction of sp³-hybridized carbons (Fsp3) is 0.273. The molecule has 0 atom stereocenters. The molecule has 0 aliphatic heterocycles. The first-order valence-electron chi connectivity index (χ1n) is 5.12. The number of carbonyl (C=O) groups excluding carboxylic acids is 1. The number of esters is 1. The van der Waals surface area contributed by atoms with Gasteiger partial charge in [-0.1, -0.05) is 24.0 Å². The van der Waals surface area contributed by atoms with Crippen molar-refractivity contribution in [3.8, 4) is 0 Å². The molecular formula is C11H12N2O4S2. The van der Waals surface area contributed by atoms with Crippen molar-refractivity contribution < 1.29 is 14.5 Å². The standard InChI is InChI=1S/C11H12N2O4S2/c1-12(2)11(18)19-9-5-4-7(10(14)17-3)6-8(9)13(15)16/h4-6H,1-3H3. The highest BCUT2D eigenvalue weighted by atomic mass is 32.2. The number of nitro benzene ring substituents is 1. The second-order valence-electron chi connectivity index (χ2n) is 3.69. The van der Waals surface area contributed by atoms with Crippen LogP contribution in [0.4, 0.5) is 5.69 Å². The van der Waals surface area contributed by atoms with E-state index >= 15 is 0 Å². The molecule has 19 heavy (non-hydrogen) atoms. The third kappa shape index (κ3) is 3.90. The molecule has 0 N–H and O–H groups in total. The number of rotatable bonds is 3. The number of methoxy groups -OCH3 is 1. The topological polar surface area (TPSA) is 72.7 Å². The van der Waals surface area contributed by atoms with Crippen molar-refractivity contribution in [3.63, 3.8) is 0 Å². The molecule has 8 heteroatoms. The van der Waals surface area contributed by atoms with Crippen molar-refractivity contribution in [3.05, 3.63) is 33.9 Å². The number of thiocarbonyl (C=S) groups is 1. The van der Waals surface area contributed by atoms with E-state index in [4.69, 9.17) is 12.2 Å². The minimum Gasteiger partial charge on any atom is -0.465 e. The number of benzene rings is 1. The van der Waals surface area contributed by atoms with Crippen LogP contribution in [0.5, 0.6) is 0 Å². The number of nitro groups is 1. The predicted octanol–water partition coefficient (Wildman–Crippen LogP) is 2.32. The van der Waals surface area contributed by atoms with Gasteiger partial charge in [-0.2, -0.15) is 0 Å². The minimum absolute atomic E-state index is 0.134. The average Bonchev–Trinajstić information content (AvgIpc) is 2.37. The van der Waals surface area contributed by atoms with Gasteiger partial charge < -0.3 is 9.64 Å². The first kappa shape index (κ1) is 15.4. The Bertz CT molecular complexity index is 531. The lowest BCUT2D eigenvalue weighted by Gasteiger charge is -2.12. The van der Waals surface area contributed by atoms with Crippen molar-refractivity contribution >= 4 is 40.0 Å². The predicted molar refractivity (Wildman–Crippen MR) is 76.6 cm³/mol. The largest absolute Gasteiger partial charge is 0.465 e. The summed E-state index contributed by atoms with van der Waals surface area (Å²) in [5, 5.41) is 11.0. The number of ether oxygens (including phenoxy) is 1. The lowest BCUT2D eigenvalue weighted by molar-refractivity contribution is -0.387. The highest BCUT2D eigenvalue weighted by Gasteiger charge is 2.19. The van der Waals surface area contributed by atoms with Crippen LogP contribution in [0.15, 0.2) is 23.1 Å². The Morgan fingerprint density at radius 1 is 1.47 bits per heavy atom. The molecule has 0 saturated carbocycles. The van der Waals surface area contributed by atoms with Gasteiger partial charge in [0.25, 0.3) is 5.69 Å². The van der Waals surface area contributed by atoms with E-state index in [1.807, 2.05) is 0 Å². The molecule has 0 amide bonds. The highest BCUT2D eigenvalue weighted by molar-refractivity contribution is 8.23. The van der Waals surface area contributed by atoms with Crippen molar-refractivity contribution in [1.82, 2.24) is 4.90 Å². The van der Waals surface area contributed by atoms with E-state index in [1.165, 1.54) is 25.3 Å². The number of hydrogen-bond acceptors (Lipinski definition) is 6. The molecule has 0 spiro atoms. The summed E-state index contributed by atoms with van der Waals surface area (Å²) in [5.74, 6) is -0.616. The summed E-state index contributed by atoms with van der Waals surface area (Å²) < 4.78 is 5.02. The lowest BCUT2D eigenvalue weighted by atomic mass is 10.2. The van der Waals surface area contributed by atoms with Gasteiger partial charge in [0.05, 0.1) is 22.5 Å². The minimum atomic E-state index is -0.616. The summed E-state index contributed by atoms with van der Waals surface area (Å²) in [6.45, 7) is 0. The molecule has 102 valence electrons. The van der Waals surface area contributed by atoms with Crippen LogP contribution < -0.4 is 0 Å². The van der Waals surface area contributed by atoms with Gasteiger partial charge in [0.2, 0.25) is 0 Å². The van der Waals surface area contributed by atoms with Crippen molar-refractivity contribution in [2.45, 2.75) is 4.90 Å². The monoisotopic (exact) mass is 300 g/mol. The molecule has 0 aliphatic carbocycles. The number of thioether (sulfide) groups is 1. The normalized spacial score (nSPS) is 9.84. The van der Waals surface area contributed by atoms with Crippen LogP contribution in [-0.4, -0.2) is 41.3 Å². The molecule has 1 rings (SSSR count). The van der Waals surface area contributed by atoms with Crippen LogP contribution in [-0.2, 0) is 4.74 Å². The molecule has 0 unspecified atom stereocenters. The van der Waals surface area contributed by atoms with Gasteiger partial charge in [-0.3, -0.25) is 10.1 Å². The van der Waals surface area contributed by atoms with Crippen LogP contribution >= 0.6 is 24.0 Å². The van der Waals surface area contributed by atoms with Gasteiger partial charge in [-0.05, 0) is 12.1 Å². The molecule has 6 nitrogen and oxygen atoms in total. The Morgan fingerprint density at radius 3 is 2.58 bits per heavy atom. The maximum Gasteiger partial charge on any atom is 0.338 e. The zero-order valence-electron chi connectivity index (χ0n) is 10.6. The average molecular weight is 300 g/mol. The van der Waals surface area contributed by atoms with Gasteiger partial charge in [0.15, 0.2) is 0 Å². The van der Waals surface area contributed by atoms with Gasteiger partial charge >= 0.3 is 5.97 Å². The fourth-order valence-corrected chi connectivity index (χ4v) is 2.19. The van der Waals surface area contributed by atoms with E-state index in [0.29, 0.717) is 9.22 Å². The molecule has 0 aliphatic rings. The van der Waals surface area contributed by atoms with Crippen LogP contribution in [0.1, 0.15) is 10.4 Å². The summed E-state index contributed by atoms with van der Waals surface area (Å²) in [5.41, 5.74) is -0.0357. The van der Waals surface area contributed by atoms with Gasteiger partial charge in [-0.25, -0.2) is 4.79 Å². The lowest BCUT2D eigenvalue weighted by Crippen LogP contribution is -2.16. The molecule has 0 radical (unpaired) electrons. The second kappa shape index (κ2) is 6.48. The van der Waals surface area contributed by atoms with E-state index in [0.717, 1.165) is 11.8 Å². The van der Waals surface area contributed by atoms with E-state index in [1.54, 1.807) is 19.0 Å². The third-order valence-electron chi connectivity index (χ3n) is 2.14. The second-order valence-corrected chi connectivity index (χ2v) is 5.37. The maximum absolute atomic E-state index is 11.3. The molecule has 1 aromatic carbocycles. The van der Waals surface area contributed by atoms with Crippen LogP contribution in [0.3, 0.4) is 0 Å². The molecule has 0 aromatic heterocycles. The molecule has 0 heterocycles. The van der Waals surface area contributed by atoms with Crippen molar-refractivity contribution in [2.75, 3.05) is 21.2 Å². The summed E-state index contributed by atoms with van der Waals surface area (Å²) >= 11 is 6.19. The summed E-state index contributed by atoms with van der Waals surface area (Å²) in [4.78, 5) is 23.9. The Kier molecular flexibility index (Phi) is 5.25. The highest BCUT2D eigenvalue weighted by Crippen LogP contribution is 2.31. The molecule has 0 saturated heterocycles. The quantitative estimate of drug-likeness (QED) is 0.279.